The quantitative estimate of drug-likeness (QED) is 0.231. The van der Waals surface area contributed by atoms with Gasteiger partial charge in [0.2, 0.25) is 0 Å². The standard InChI is InChI=1S/C29H28F4N4O2/c1-18-13-19(7-8-23(18)27(38)36-28(2)9-4-10-28)25-16-35-26-24(34-12-11-29(31,32)33)15-22(17-37(25)26)39-21-6-3-5-20(30)14-21/h3,5-8,13-17,34H,4,9-12H2,1-2H3,(H,36,38). The molecule has 0 aliphatic heterocycles. The molecular weight excluding hydrogens is 512 g/mol. The predicted octanol–water partition coefficient (Wildman–Crippen LogP) is 7.28. The van der Waals surface area contributed by atoms with Crippen LogP contribution in [0.15, 0.2) is 60.9 Å². The van der Waals surface area contributed by atoms with E-state index in [1.165, 1.54) is 24.3 Å². The zero-order valence-electron chi connectivity index (χ0n) is 21.5. The van der Waals surface area contributed by atoms with Crippen LogP contribution < -0.4 is 15.4 Å². The Morgan fingerprint density at radius 2 is 1.92 bits per heavy atom. The second-order valence-corrected chi connectivity index (χ2v) is 10.2. The molecule has 1 saturated carbocycles. The third-order valence-corrected chi connectivity index (χ3v) is 6.98. The Morgan fingerprint density at radius 1 is 1.13 bits per heavy atom. The Hall–Kier alpha value is -4.08. The van der Waals surface area contributed by atoms with Crippen LogP contribution in [0.4, 0.5) is 23.2 Å². The van der Waals surface area contributed by atoms with Crippen molar-refractivity contribution in [2.45, 2.75) is 51.2 Å². The van der Waals surface area contributed by atoms with Crippen molar-refractivity contribution in [1.29, 1.82) is 0 Å². The maximum atomic E-state index is 13.7. The maximum absolute atomic E-state index is 13.7. The van der Waals surface area contributed by atoms with E-state index in [0.29, 0.717) is 22.6 Å². The van der Waals surface area contributed by atoms with Crippen molar-refractivity contribution < 1.29 is 27.1 Å². The zero-order chi connectivity index (χ0) is 27.8. The third kappa shape index (κ3) is 6.00. The fraction of sp³-hybridized carbons (Fsp3) is 0.310. The first-order valence-corrected chi connectivity index (χ1v) is 12.7. The monoisotopic (exact) mass is 540 g/mol. The molecule has 1 aliphatic carbocycles. The number of hydrogen-bond acceptors (Lipinski definition) is 4. The first-order chi connectivity index (χ1) is 18.5. The number of pyridine rings is 1. The lowest BCUT2D eigenvalue weighted by atomic mass is 9.78. The van der Waals surface area contributed by atoms with Crippen LogP contribution in [0.25, 0.3) is 16.9 Å². The van der Waals surface area contributed by atoms with Crippen LogP contribution in [-0.4, -0.2) is 33.6 Å². The molecular formula is C29H28F4N4O2. The molecule has 2 aromatic heterocycles. The first-order valence-electron chi connectivity index (χ1n) is 12.7. The van der Waals surface area contributed by atoms with Crippen LogP contribution in [0.1, 0.15) is 48.5 Å². The summed E-state index contributed by atoms with van der Waals surface area (Å²) in [5.41, 5.74) is 3.32. The van der Waals surface area contributed by atoms with Gasteiger partial charge in [0.05, 0.1) is 30.2 Å². The molecule has 2 N–H and O–H groups in total. The number of halogens is 4. The molecule has 0 unspecified atom stereocenters. The fourth-order valence-corrected chi connectivity index (χ4v) is 4.72. The highest BCUT2D eigenvalue weighted by atomic mass is 19.4. The Balaban J connectivity index is 1.49. The number of nitrogens with zero attached hydrogens (tertiary/aromatic N) is 2. The van der Waals surface area contributed by atoms with E-state index in [0.717, 1.165) is 30.4 Å². The lowest BCUT2D eigenvalue weighted by Gasteiger charge is -2.39. The fourth-order valence-electron chi connectivity index (χ4n) is 4.72. The van der Waals surface area contributed by atoms with Crippen LogP contribution >= 0.6 is 0 Å². The van der Waals surface area contributed by atoms with Gasteiger partial charge in [0.1, 0.15) is 17.3 Å². The number of ether oxygens (including phenoxy) is 1. The van der Waals surface area contributed by atoms with Crippen molar-refractivity contribution in [2.75, 3.05) is 11.9 Å². The van der Waals surface area contributed by atoms with Gasteiger partial charge in [-0.2, -0.15) is 13.2 Å². The Morgan fingerprint density at radius 3 is 2.59 bits per heavy atom. The molecule has 204 valence electrons. The molecule has 0 atom stereocenters. The first kappa shape index (κ1) is 26.5. The molecule has 4 aromatic rings. The van der Waals surface area contributed by atoms with Gasteiger partial charge in [-0.05, 0) is 62.9 Å². The minimum absolute atomic E-state index is 0.124. The van der Waals surface area contributed by atoms with Gasteiger partial charge in [0.25, 0.3) is 5.91 Å². The molecule has 10 heteroatoms. The number of nitrogens with one attached hydrogen (secondary N) is 2. The van der Waals surface area contributed by atoms with Crippen LogP contribution in [0.5, 0.6) is 11.5 Å². The summed E-state index contributed by atoms with van der Waals surface area (Å²) in [6, 6.07) is 12.6. The summed E-state index contributed by atoms with van der Waals surface area (Å²) < 4.78 is 59.7. The maximum Gasteiger partial charge on any atom is 0.390 e. The lowest BCUT2D eigenvalue weighted by Crippen LogP contribution is -2.51. The van der Waals surface area contributed by atoms with E-state index >= 15 is 0 Å². The van der Waals surface area contributed by atoms with Crippen molar-refractivity contribution in [3.05, 3.63) is 77.9 Å². The molecule has 0 bridgehead atoms. The average molecular weight is 541 g/mol. The second kappa shape index (κ2) is 10.2. The number of aryl methyl sites for hydroxylation is 1. The average Bonchev–Trinajstić information content (AvgIpc) is 3.26. The van der Waals surface area contributed by atoms with Gasteiger partial charge >= 0.3 is 6.18 Å². The van der Waals surface area contributed by atoms with Gasteiger partial charge < -0.3 is 15.4 Å². The highest BCUT2D eigenvalue weighted by Crippen LogP contribution is 2.34. The summed E-state index contributed by atoms with van der Waals surface area (Å²) in [6.45, 7) is 3.54. The van der Waals surface area contributed by atoms with E-state index in [4.69, 9.17) is 4.74 Å². The number of rotatable bonds is 8. The number of alkyl halides is 3. The summed E-state index contributed by atoms with van der Waals surface area (Å²) >= 11 is 0. The molecule has 0 radical (unpaired) electrons. The molecule has 0 spiro atoms. The van der Waals surface area contributed by atoms with Crippen molar-refractivity contribution in [2.24, 2.45) is 0 Å². The third-order valence-electron chi connectivity index (χ3n) is 6.98. The van der Waals surface area contributed by atoms with Crippen molar-refractivity contribution in [3.63, 3.8) is 0 Å². The van der Waals surface area contributed by atoms with E-state index in [-0.39, 0.29) is 29.5 Å². The molecule has 0 saturated heterocycles. The largest absolute Gasteiger partial charge is 0.456 e. The topological polar surface area (TPSA) is 67.7 Å². The molecule has 39 heavy (non-hydrogen) atoms. The lowest BCUT2D eigenvalue weighted by molar-refractivity contribution is -0.131. The molecule has 2 aromatic carbocycles. The number of aromatic nitrogens is 2. The number of fused-ring (bicyclic) bond motifs is 1. The summed E-state index contributed by atoms with van der Waals surface area (Å²) in [6.07, 6.45) is 0.921. The molecule has 5 rings (SSSR count). The van der Waals surface area contributed by atoms with E-state index in [2.05, 4.69) is 15.6 Å². The highest BCUT2D eigenvalue weighted by Gasteiger charge is 2.33. The number of benzene rings is 2. The number of anilines is 1. The van der Waals surface area contributed by atoms with Crippen molar-refractivity contribution in [1.82, 2.24) is 14.7 Å². The second-order valence-electron chi connectivity index (χ2n) is 10.2. The number of imidazole rings is 1. The van der Waals surface area contributed by atoms with Crippen LogP contribution in [-0.2, 0) is 0 Å². The Kier molecular flexibility index (Phi) is 6.96. The number of carbonyl (C=O) groups is 1. The molecule has 1 aliphatic rings. The predicted molar refractivity (Wildman–Crippen MR) is 141 cm³/mol. The normalized spacial score (nSPS) is 14.6. The Bertz CT molecular complexity index is 1530. The summed E-state index contributed by atoms with van der Waals surface area (Å²) in [5, 5.41) is 5.92. The van der Waals surface area contributed by atoms with Gasteiger partial charge in [0.15, 0.2) is 5.65 Å². The number of hydrogen-bond donors (Lipinski definition) is 2. The van der Waals surface area contributed by atoms with E-state index in [1.807, 2.05) is 26.0 Å². The van der Waals surface area contributed by atoms with Gasteiger partial charge in [-0.15, -0.1) is 0 Å². The summed E-state index contributed by atoms with van der Waals surface area (Å²) in [4.78, 5) is 17.3. The molecule has 6 nitrogen and oxygen atoms in total. The zero-order valence-corrected chi connectivity index (χ0v) is 21.5. The Labute approximate surface area is 223 Å². The number of amides is 1. The summed E-state index contributed by atoms with van der Waals surface area (Å²) in [5.74, 6) is -0.0837. The smallest absolute Gasteiger partial charge is 0.390 e. The van der Waals surface area contributed by atoms with Crippen LogP contribution in [0, 0.1) is 12.7 Å². The molecule has 1 fully saturated rings. The van der Waals surface area contributed by atoms with Gasteiger partial charge in [-0.25, -0.2) is 9.37 Å². The molecule has 2 heterocycles. The van der Waals surface area contributed by atoms with Crippen molar-refractivity contribution in [3.8, 4) is 22.8 Å². The number of carbonyl (C=O) groups excluding carboxylic acids is 1. The van der Waals surface area contributed by atoms with Crippen molar-refractivity contribution >= 4 is 17.2 Å². The van der Waals surface area contributed by atoms with Gasteiger partial charge in [-0.1, -0.05) is 12.1 Å². The van der Waals surface area contributed by atoms with Crippen LogP contribution in [0.2, 0.25) is 0 Å². The van der Waals surface area contributed by atoms with E-state index < -0.39 is 18.4 Å². The SMILES string of the molecule is Cc1cc(-c2cnc3c(NCCC(F)(F)F)cc(Oc4cccc(F)c4)cn23)ccc1C(=O)NC1(C)CCC1. The van der Waals surface area contributed by atoms with E-state index in [1.54, 1.807) is 28.9 Å². The van der Waals surface area contributed by atoms with Gasteiger partial charge in [-0.3, -0.25) is 9.20 Å². The summed E-state index contributed by atoms with van der Waals surface area (Å²) in [7, 11) is 0. The minimum atomic E-state index is -4.32. The van der Waals surface area contributed by atoms with E-state index in [9.17, 15) is 22.4 Å². The highest BCUT2D eigenvalue weighted by molar-refractivity contribution is 5.96. The molecule has 1 amide bonds. The van der Waals surface area contributed by atoms with Gasteiger partial charge in [0, 0.05) is 35.3 Å². The minimum Gasteiger partial charge on any atom is -0.456 e. The van der Waals surface area contributed by atoms with Crippen LogP contribution in [0.3, 0.4) is 0 Å².